The van der Waals surface area contributed by atoms with Crippen LogP contribution in [0.15, 0.2) is 33.5 Å². The number of fused-ring (bicyclic) bond motifs is 1. The summed E-state index contributed by atoms with van der Waals surface area (Å²) in [6, 6.07) is 7.01. The first-order chi connectivity index (χ1) is 12.0. The molecule has 0 aliphatic carbocycles. The Morgan fingerprint density at radius 3 is 2.76 bits per heavy atom. The SMILES string of the molecule is CNC(=O)[C@H]1CN(C)CCN(C(=O)Cn2c(=O)oc3ccccc32)C1. The van der Waals surface area contributed by atoms with Crippen LogP contribution in [0.4, 0.5) is 0 Å². The van der Waals surface area contributed by atoms with Crippen LogP contribution in [0.25, 0.3) is 11.1 Å². The maximum absolute atomic E-state index is 12.8. The van der Waals surface area contributed by atoms with Crippen molar-refractivity contribution >= 4 is 22.9 Å². The number of oxazole rings is 1. The number of hydrogen-bond donors (Lipinski definition) is 1. The molecule has 134 valence electrons. The minimum absolute atomic E-state index is 0.0857. The Kier molecular flexibility index (Phi) is 4.89. The van der Waals surface area contributed by atoms with Crippen molar-refractivity contribution < 1.29 is 14.0 Å². The van der Waals surface area contributed by atoms with Gasteiger partial charge in [0.15, 0.2) is 5.58 Å². The maximum atomic E-state index is 12.8. The van der Waals surface area contributed by atoms with Crippen LogP contribution < -0.4 is 11.1 Å². The van der Waals surface area contributed by atoms with E-state index in [0.717, 1.165) is 0 Å². The van der Waals surface area contributed by atoms with Gasteiger partial charge in [-0.3, -0.25) is 14.2 Å². The van der Waals surface area contributed by atoms with Crippen LogP contribution in [0.3, 0.4) is 0 Å². The molecule has 0 saturated carbocycles. The van der Waals surface area contributed by atoms with Crippen molar-refractivity contribution in [2.45, 2.75) is 6.54 Å². The van der Waals surface area contributed by atoms with Crippen molar-refractivity contribution in [3.05, 3.63) is 34.8 Å². The third-order valence-electron chi connectivity index (χ3n) is 4.56. The van der Waals surface area contributed by atoms with Crippen LogP contribution in [-0.2, 0) is 16.1 Å². The van der Waals surface area contributed by atoms with E-state index in [-0.39, 0.29) is 24.3 Å². The minimum atomic E-state index is -0.552. The van der Waals surface area contributed by atoms with Crippen molar-refractivity contribution in [1.82, 2.24) is 19.7 Å². The lowest BCUT2D eigenvalue weighted by molar-refractivity contribution is -0.133. The van der Waals surface area contributed by atoms with Gasteiger partial charge in [-0.15, -0.1) is 0 Å². The second-order valence-electron chi connectivity index (χ2n) is 6.34. The number of para-hydroxylation sites is 2. The number of benzene rings is 1. The number of carbonyl (C=O) groups excluding carboxylic acids is 2. The molecule has 8 heteroatoms. The normalized spacial score (nSPS) is 19.0. The minimum Gasteiger partial charge on any atom is -0.408 e. The van der Waals surface area contributed by atoms with E-state index >= 15 is 0 Å². The summed E-state index contributed by atoms with van der Waals surface area (Å²) < 4.78 is 6.50. The molecule has 1 aliphatic rings. The van der Waals surface area contributed by atoms with Crippen LogP contribution >= 0.6 is 0 Å². The first-order valence-electron chi connectivity index (χ1n) is 8.26. The summed E-state index contributed by atoms with van der Waals surface area (Å²) in [4.78, 5) is 40.5. The monoisotopic (exact) mass is 346 g/mol. The summed E-state index contributed by atoms with van der Waals surface area (Å²) in [5.74, 6) is -1.13. The average Bonchev–Trinajstić information content (AvgIpc) is 2.78. The van der Waals surface area contributed by atoms with Gasteiger partial charge in [0, 0.05) is 33.2 Å². The van der Waals surface area contributed by atoms with Crippen LogP contribution in [0.2, 0.25) is 0 Å². The quantitative estimate of drug-likeness (QED) is 0.827. The van der Waals surface area contributed by atoms with Gasteiger partial charge in [-0.25, -0.2) is 4.79 Å². The van der Waals surface area contributed by atoms with Gasteiger partial charge in [-0.2, -0.15) is 0 Å². The molecule has 25 heavy (non-hydrogen) atoms. The van der Waals surface area contributed by atoms with E-state index in [2.05, 4.69) is 5.32 Å². The van der Waals surface area contributed by atoms with Gasteiger partial charge in [0.2, 0.25) is 11.8 Å². The molecule has 2 aromatic rings. The topological polar surface area (TPSA) is 87.8 Å². The summed E-state index contributed by atoms with van der Waals surface area (Å²) >= 11 is 0. The molecular formula is C17H22N4O4. The summed E-state index contributed by atoms with van der Waals surface area (Å²) in [6.07, 6.45) is 0. The largest absolute Gasteiger partial charge is 0.420 e. The van der Waals surface area contributed by atoms with E-state index < -0.39 is 5.76 Å². The van der Waals surface area contributed by atoms with Crippen molar-refractivity contribution in [3.8, 4) is 0 Å². The standard InChI is InChI=1S/C17H22N4O4/c1-18-16(23)12-9-19(2)7-8-20(10-12)15(22)11-21-13-5-3-4-6-14(13)25-17(21)24/h3-6,12H,7-11H2,1-2H3,(H,18,23)/t12-/m0/s1. The Morgan fingerprint density at radius 2 is 2.00 bits per heavy atom. The molecule has 1 aromatic carbocycles. The zero-order chi connectivity index (χ0) is 18.0. The van der Waals surface area contributed by atoms with Crippen LogP contribution in [0.1, 0.15) is 0 Å². The molecule has 1 aromatic heterocycles. The Morgan fingerprint density at radius 1 is 1.24 bits per heavy atom. The third kappa shape index (κ3) is 3.58. The Labute approximate surface area is 145 Å². The van der Waals surface area contributed by atoms with Crippen molar-refractivity contribution in [3.63, 3.8) is 0 Å². The molecule has 1 saturated heterocycles. The second kappa shape index (κ2) is 7.10. The number of hydrogen-bond acceptors (Lipinski definition) is 5. The van der Waals surface area contributed by atoms with Gasteiger partial charge in [-0.05, 0) is 19.2 Å². The number of aromatic nitrogens is 1. The summed E-state index contributed by atoms with van der Waals surface area (Å²) in [5, 5.41) is 2.65. The highest BCUT2D eigenvalue weighted by Crippen LogP contribution is 2.13. The number of amides is 2. The maximum Gasteiger partial charge on any atom is 0.420 e. The van der Waals surface area contributed by atoms with Crippen LogP contribution in [0.5, 0.6) is 0 Å². The van der Waals surface area contributed by atoms with Crippen molar-refractivity contribution in [1.29, 1.82) is 0 Å². The van der Waals surface area contributed by atoms with Gasteiger partial charge in [-0.1, -0.05) is 12.1 Å². The van der Waals surface area contributed by atoms with E-state index in [4.69, 9.17) is 4.42 Å². The Bertz CT molecular complexity index is 841. The lowest BCUT2D eigenvalue weighted by Crippen LogP contribution is -2.43. The van der Waals surface area contributed by atoms with Crippen molar-refractivity contribution in [2.75, 3.05) is 40.3 Å². The smallest absolute Gasteiger partial charge is 0.408 e. The summed E-state index contributed by atoms with van der Waals surface area (Å²) in [7, 11) is 3.52. The zero-order valence-corrected chi connectivity index (χ0v) is 14.4. The summed E-state index contributed by atoms with van der Waals surface area (Å²) in [6.45, 7) is 2.04. The van der Waals surface area contributed by atoms with E-state index in [9.17, 15) is 14.4 Å². The molecule has 1 N–H and O–H groups in total. The first-order valence-corrected chi connectivity index (χ1v) is 8.26. The fourth-order valence-corrected chi connectivity index (χ4v) is 3.17. The van der Waals surface area contributed by atoms with Gasteiger partial charge in [0.1, 0.15) is 6.54 Å². The van der Waals surface area contributed by atoms with Crippen LogP contribution in [0, 0.1) is 5.92 Å². The lowest BCUT2D eigenvalue weighted by Gasteiger charge is -2.23. The molecule has 1 aliphatic heterocycles. The molecule has 2 amide bonds. The van der Waals surface area contributed by atoms with E-state index in [1.165, 1.54) is 4.57 Å². The molecule has 8 nitrogen and oxygen atoms in total. The Balaban J connectivity index is 1.80. The van der Waals surface area contributed by atoms with Gasteiger partial charge < -0.3 is 19.5 Å². The molecule has 1 atom stereocenters. The highest BCUT2D eigenvalue weighted by molar-refractivity contribution is 5.82. The van der Waals surface area contributed by atoms with E-state index in [1.807, 2.05) is 11.9 Å². The second-order valence-corrected chi connectivity index (χ2v) is 6.34. The number of likely N-dealkylation sites (N-methyl/N-ethyl adjacent to an activating group) is 1. The first kappa shape index (κ1) is 17.2. The predicted molar refractivity (Wildman–Crippen MR) is 92.1 cm³/mol. The fraction of sp³-hybridized carbons (Fsp3) is 0.471. The van der Waals surface area contributed by atoms with Gasteiger partial charge >= 0.3 is 5.76 Å². The molecule has 0 bridgehead atoms. The fourth-order valence-electron chi connectivity index (χ4n) is 3.17. The van der Waals surface area contributed by atoms with E-state index in [0.29, 0.717) is 37.3 Å². The molecule has 1 fully saturated rings. The molecule has 0 radical (unpaired) electrons. The van der Waals surface area contributed by atoms with E-state index in [1.54, 1.807) is 36.2 Å². The molecule has 0 spiro atoms. The number of nitrogens with one attached hydrogen (secondary N) is 1. The number of nitrogens with zero attached hydrogens (tertiary/aromatic N) is 3. The molecule has 0 unspecified atom stereocenters. The third-order valence-corrected chi connectivity index (χ3v) is 4.56. The molecule has 3 rings (SSSR count). The Hall–Kier alpha value is -2.61. The van der Waals surface area contributed by atoms with Crippen LogP contribution in [-0.4, -0.2) is 66.5 Å². The van der Waals surface area contributed by atoms with Crippen molar-refractivity contribution in [2.24, 2.45) is 5.92 Å². The average molecular weight is 346 g/mol. The summed E-state index contributed by atoms with van der Waals surface area (Å²) in [5.41, 5.74) is 1.05. The highest BCUT2D eigenvalue weighted by Gasteiger charge is 2.28. The predicted octanol–water partition coefficient (Wildman–Crippen LogP) is -0.269. The molecular weight excluding hydrogens is 324 g/mol. The van der Waals surface area contributed by atoms with Gasteiger partial charge in [0.25, 0.3) is 0 Å². The van der Waals surface area contributed by atoms with Gasteiger partial charge in [0.05, 0.1) is 11.4 Å². The zero-order valence-electron chi connectivity index (χ0n) is 14.4. The number of carbonyl (C=O) groups is 2. The highest BCUT2D eigenvalue weighted by atomic mass is 16.4. The lowest BCUT2D eigenvalue weighted by atomic mass is 10.1. The molecule has 2 heterocycles. The number of rotatable bonds is 3.